The van der Waals surface area contributed by atoms with Crippen molar-refractivity contribution in [3.8, 4) is 11.8 Å². The molecule has 1 amide bonds. The third-order valence-corrected chi connectivity index (χ3v) is 2.47. The Hall–Kier alpha value is -2.02. The average Bonchev–Trinajstić information content (AvgIpc) is 2.39. The zero-order valence-corrected chi connectivity index (χ0v) is 10.8. The van der Waals surface area contributed by atoms with E-state index in [1.54, 1.807) is 24.3 Å². The van der Waals surface area contributed by atoms with Crippen LogP contribution in [0.15, 0.2) is 24.3 Å². The van der Waals surface area contributed by atoms with Gasteiger partial charge in [-0.2, -0.15) is 5.26 Å². The fraction of sp³-hybridized carbons (Fsp3) is 0.429. The second-order valence-electron chi connectivity index (χ2n) is 3.90. The van der Waals surface area contributed by atoms with Gasteiger partial charge >= 0.3 is 0 Å². The van der Waals surface area contributed by atoms with Crippen LogP contribution in [0.4, 0.5) is 0 Å². The van der Waals surface area contributed by atoms with Gasteiger partial charge in [-0.15, -0.1) is 0 Å². The lowest BCUT2D eigenvalue weighted by atomic mass is 10.1. The number of carbonyl (C=O) groups excluding carboxylic acids is 1. The Morgan fingerprint density at radius 1 is 1.39 bits per heavy atom. The number of hydrogen-bond donors (Lipinski definition) is 1. The second-order valence-corrected chi connectivity index (χ2v) is 3.90. The molecule has 0 aliphatic rings. The Labute approximate surface area is 108 Å². The van der Waals surface area contributed by atoms with Crippen molar-refractivity contribution in [2.24, 2.45) is 0 Å². The van der Waals surface area contributed by atoms with Crippen LogP contribution >= 0.6 is 0 Å². The van der Waals surface area contributed by atoms with Crippen LogP contribution in [0.5, 0.6) is 5.75 Å². The van der Waals surface area contributed by atoms with Crippen LogP contribution in [-0.4, -0.2) is 18.6 Å². The molecule has 0 fully saturated rings. The number of rotatable bonds is 6. The highest BCUT2D eigenvalue weighted by Crippen LogP contribution is 2.12. The molecule has 0 spiro atoms. The molecule has 0 saturated heterocycles. The van der Waals surface area contributed by atoms with Crippen molar-refractivity contribution in [2.45, 2.75) is 32.7 Å². The fourth-order valence-electron chi connectivity index (χ4n) is 1.57. The largest absolute Gasteiger partial charge is 0.494 e. The highest BCUT2D eigenvalue weighted by atomic mass is 16.5. The number of benzene rings is 1. The summed E-state index contributed by atoms with van der Waals surface area (Å²) in [5, 5.41) is 11.6. The number of nitrogens with one attached hydrogen (secondary N) is 1. The predicted octanol–water partition coefficient (Wildman–Crippen LogP) is 2.51. The second kappa shape index (κ2) is 7.33. The molecule has 1 aromatic rings. The molecule has 0 aliphatic carbocycles. The summed E-state index contributed by atoms with van der Waals surface area (Å²) in [6, 6.07) is 8.55. The number of carbonyl (C=O) groups is 1. The minimum Gasteiger partial charge on any atom is -0.494 e. The highest BCUT2D eigenvalue weighted by Gasteiger charge is 2.11. The van der Waals surface area contributed by atoms with E-state index in [1.807, 2.05) is 13.8 Å². The summed E-state index contributed by atoms with van der Waals surface area (Å²) < 4.78 is 5.30. The first-order valence-corrected chi connectivity index (χ1v) is 6.14. The first-order valence-electron chi connectivity index (χ1n) is 6.14. The Morgan fingerprint density at radius 2 is 2.06 bits per heavy atom. The summed E-state index contributed by atoms with van der Waals surface area (Å²) in [6.45, 7) is 4.48. The lowest BCUT2D eigenvalue weighted by Gasteiger charge is -2.10. The molecule has 1 aromatic carbocycles. The molecule has 0 radical (unpaired) electrons. The van der Waals surface area contributed by atoms with Crippen molar-refractivity contribution in [3.05, 3.63) is 29.8 Å². The van der Waals surface area contributed by atoms with E-state index in [4.69, 9.17) is 10.00 Å². The predicted molar refractivity (Wildman–Crippen MR) is 69.4 cm³/mol. The van der Waals surface area contributed by atoms with Gasteiger partial charge in [-0.1, -0.05) is 13.3 Å². The molecular weight excluding hydrogens is 228 g/mol. The molecular formula is C14H18N2O2. The van der Waals surface area contributed by atoms with E-state index in [1.165, 1.54) is 0 Å². The number of hydrogen-bond acceptors (Lipinski definition) is 3. The van der Waals surface area contributed by atoms with Crippen LogP contribution in [0.2, 0.25) is 0 Å². The monoisotopic (exact) mass is 246 g/mol. The van der Waals surface area contributed by atoms with Crippen molar-refractivity contribution >= 4 is 5.91 Å². The third kappa shape index (κ3) is 4.10. The van der Waals surface area contributed by atoms with Crippen LogP contribution in [0.3, 0.4) is 0 Å². The van der Waals surface area contributed by atoms with Crippen LogP contribution in [0, 0.1) is 11.3 Å². The van der Waals surface area contributed by atoms with E-state index >= 15 is 0 Å². The molecule has 4 nitrogen and oxygen atoms in total. The van der Waals surface area contributed by atoms with E-state index < -0.39 is 6.04 Å². The van der Waals surface area contributed by atoms with E-state index in [0.717, 1.165) is 12.2 Å². The van der Waals surface area contributed by atoms with Gasteiger partial charge in [-0.3, -0.25) is 4.79 Å². The molecule has 1 N–H and O–H groups in total. The van der Waals surface area contributed by atoms with Gasteiger partial charge in [0, 0.05) is 5.56 Å². The summed E-state index contributed by atoms with van der Waals surface area (Å²) in [4.78, 5) is 11.9. The van der Waals surface area contributed by atoms with Crippen molar-refractivity contribution in [3.63, 3.8) is 0 Å². The molecule has 18 heavy (non-hydrogen) atoms. The first-order chi connectivity index (χ1) is 8.71. The maximum absolute atomic E-state index is 11.9. The van der Waals surface area contributed by atoms with E-state index in [-0.39, 0.29) is 5.91 Å². The summed E-state index contributed by atoms with van der Waals surface area (Å²) in [5.74, 6) is 0.512. The molecule has 1 rings (SSSR count). The Kier molecular flexibility index (Phi) is 5.72. The maximum atomic E-state index is 11.9. The van der Waals surface area contributed by atoms with Gasteiger partial charge in [-0.05, 0) is 37.6 Å². The summed E-state index contributed by atoms with van der Waals surface area (Å²) in [7, 11) is 0. The zero-order valence-electron chi connectivity index (χ0n) is 10.8. The minimum absolute atomic E-state index is 0.224. The van der Waals surface area contributed by atoms with E-state index in [2.05, 4.69) is 11.4 Å². The van der Waals surface area contributed by atoms with Crippen LogP contribution in [0.1, 0.15) is 37.0 Å². The van der Waals surface area contributed by atoms with Gasteiger partial charge in [0.1, 0.15) is 11.8 Å². The molecule has 4 heteroatoms. The zero-order chi connectivity index (χ0) is 13.4. The Morgan fingerprint density at radius 3 is 2.56 bits per heavy atom. The van der Waals surface area contributed by atoms with Gasteiger partial charge in [0.25, 0.3) is 5.91 Å². The number of nitriles is 1. The van der Waals surface area contributed by atoms with Crippen molar-refractivity contribution in [1.82, 2.24) is 5.32 Å². The summed E-state index contributed by atoms with van der Waals surface area (Å²) in [5.41, 5.74) is 0.537. The van der Waals surface area contributed by atoms with Gasteiger partial charge in [0.2, 0.25) is 0 Å². The van der Waals surface area contributed by atoms with Crippen molar-refractivity contribution in [1.29, 1.82) is 5.26 Å². The van der Waals surface area contributed by atoms with Crippen LogP contribution in [-0.2, 0) is 0 Å². The van der Waals surface area contributed by atoms with Gasteiger partial charge in [0.05, 0.1) is 12.7 Å². The van der Waals surface area contributed by atoms with Gasteiger partial charge < -0.3 is 10.1 Å². The van der Waals surface area contributed by atoms with Gasteiger partial charge in [-0.25, -0.2) is 0 Å². The summed E-state index contributed by atoms with van der Waals surface area (Å²) in [6.07, 6.45) is 1.53. The minimum atomic E-state index is -0.422. The molecule has 0 aromatic heterocycles. The molecule has 0 aliphatic heterocycles. The van der Waals surface area contributed by atoms with E-state index in [9.17, 15) is 4.79 Å². The van der Waals surface area contributed by atoms with Crippen molar-refractivity contribution < 1.29 is 9.53 Å². The molecule has 0 heterocycles. The SMILES string of the molecule is CCCC(C#N)NC(=O)c1ccc(OCC)cc1. The summed E-state index contributed by atoms with van der Waals surface area (Å²) >= 11 is 0. The first kappa shape index (κ1) is 14.0. The molecule has 96 valence electrons. The molecule has 0 saturated carbocycles. The maximum Gasteiger partial charge on any atom is 0.252 e. The van der Waals surface area contributed by atoms with Crippen LogP contribution < -0.4 is 10.1 Å². The molecule has 0 bridgehead atoms. The smallest absolute Gasteiger partial charge is 0.252 e. The lowest BCUT2D eigenvalue weighted by molar-refractivity contribution is 0.0944. The number of nitrogens with zero attached hydrogens (tertiary/aromatic N) is 1. The third-order valence-electron chi connectivity index (χ3n) is 2.47. The van der Waals surface area contributed by atoms with E-state index in [0.29, 0.717) is 18.6 Å². The average molecular weight is 246 g/mol. The topological polar surface area (TPSA) is 62.1 Å². The van der Waals surface area contributed by atoms with Crippen LogP contribution in [0.25, 0.3) is 0 Å². The number of ether oxygens (including phenoxy) is 1. The Balaban J connectivity index is 2.64. The van der Waals surface area contributed by atoms with Crippen molar-refractivity contribution in [2.75, 3.05) is 6.61 Å². The molecule has 1 unspecified atom stereocenters. The highest BCUT2D eigenvalue weighted by molar-refractivity contribution is 5.94. The quantitative estimate of drug-likeness (QED) is 0.838. The van der Waals surface area contributed by atoms with Gasteiger partial charge in [0.15, 0.2) is 0 Å². The Bertz CT molecular complexity index is 420. The molecule has 1 atom stereocenters. The fourth-order valence-corrected chi connectivity index (χ4v) is 1.57. The standard InChI is InChI=1S/C14H18N2O2/c1-3-5-12(10-15)16-14(17)11-6-8-13(9-7-11)18-4-2/h6-9,12H,3-5H2,1-2H3,(H,16,17). The normalized spacial score (nSPS) is 11.4. The number of amides is 1. The lowest BCUT2D eigenvalue weighted by Crippen LogP contribution is -2.33.